The Labute approximate surface area is 205 Å². The van der Waals surface area contributed by atoms with E-state index < -0.39 is 5.60 Å². The van der Waals surface area contributed by atoms with Crippen LogP contribution in [-0.4, -0.2) is 65.8 Å². The summed E-state index contributed by atoms with van der Waals surface area (Å²) in [7, 11) is 3.36. The summed E-state index contributed by atoms with van der Waals surface area (Å²) < 4.78 is 39.1. The van der Waals surface area contributed by atoms with E-state index in [4.69, 9.17) is 18.9 Å². The van der Waals surface area contributed by atoms with E-state index in [1.807, 2.05) is 16.7 Å². The van der Waals surface area contributed by atoms with Gasteiger partial charge in [0.05, 0.1) is 13.7 Å². The second kappa shape index (κ2) is 12.0. The highest BCUT2D eigenvalue weighted by molar-refractivity contribution is 5.43. The first-order chi connectivity index (χ1) is 17.1. The number of nitrogens with zero attached hydrogens (tertiary/aromatic N) is 4. The Balaban J connectivity index is 1.34. The van der Waals surface area contributed by atoms with Gasteiger partial charge in [0.2, 0.25) is 0 Å². The van der Waals surface area contributed by atoms with Gasteiger partial charge < -0.3 is 23.5 Å². The summed E-state index contributed by atoms with van der Waals surface area (Å²) in [6.07, 6.45) is 5.95. The van der Waals surface area contributed by atoms with Crippen molar-refractivity contribution in [2.75, 3.05) is 40.5 Å². The quantitative estimate of drug-likeness (QED) is 0.408. The molecule has 1 atom stereocenters. The molecule has 0 unspecified atom stereocenters. The number of hydrogen-bond donors (Lipinski definition) is 0. The van der Waals surface area contributed by atoms with E-state index in [-0.39, 0.29) is 11.6 Å². The molecule has 1 aliphatic heterocycles. The molecule has 0 saturated carbocycles. The number of halogens is 1. The Morgan fingerprint density at radius 1 is 0.943 bits per heavy atom. The summed E-state index contributed by atoms with van der Waals surface area (Å²) >= 11 is 0. The van der Waals surface area contributed by atoms with Crippen molar-refractivity contribution in [1.82, 2.24) is 19.7 Å². The lowest BCUT2D eigenvalue weighted by molar-refractivity contribution is -0.0548. The van der Waals surface area contributed by atoms with Crippen LogP contribution in [0, 0.1) is 5.82 Å². The second-order valence-corrected chi connectivity index (χ2v) is 8.77. The molecule has 8 nitrogen and oxygen atoms in total. The zero-order valence-corrected chi connectivity index (χ0v) is 20.4. The molecule has 188 valence electrons. The van der Waals surface area contributed by atoms with Gasteiger partial charge in [-0.1, -0.05) is 18.2 Å². The van der Waals surface area contributed by atoms with Crippen molar-refractivity contribution in [2.24, 2.45) is 0 Å². The van der Waals surface area contributed by atoms with E-state index in [0.29, 0.717) is 25.5 Å². The lowest BCUT2D eigenvalue weighted by atomic mass is 9.95. The zero-order valence-electron chi connectivity index (χ0n) is 20.4. The van der Waals surface area contributed by atoms with Gasteiger partial charge in [0.15, 0.2) is 23.1 Å². The van der Waals surface area contributed by atoms with E-state index in [9.17, 15) is 4.39 Å². The van der Waals surface area contributed by atoms with Gasteiger partial charge in [-0.2, -0.15) is 0 Å². The van der Waals surface area contributed by atoms with Crippen molar-refractivity contribution < 1.29 is 23.3 Å². The van der Waals surface area contributed by atoms with Crippen molar-refractivity contribution in [3.05, 3.63) is 66.5 Å². The highest BCUT2D eigenvalue weighted by atomic mass is 19.1. The number of likely N-dealkylation sites (tertiary alicyclic amines) is 1. The number of benzene rings is 2. The van der Waals surface area contributed by atoms with Gasteiger partial charge in [0, 0.05) is 20.2 Å². The number of rotatable bonds is 11. The molecule has 1 fully saturated rings. The van der Waals surface area contributed by atoms with Crippen molar-refractivity contribution in [3.8, 4) is 17.2 Å². The van der Waals surface area contributed by atoms with Gasteiger partial charge in [0.25, 0.3) is 0 Å². The number of para-hydroxylation sites is 1. The van der Waals surface area contributed by atoms with Crippen molar-refractivity contribution in [3.63, 3.8) is 0 Å². The molecule has 35 heavy (non-hydrogen) atoms. The molecule has 0 radical (unpaired) electrons. The number of methoxy groups -OCH3 is 2. The van der Waals surface area contributed by atoms with Crippen LogP contribution in [0.4, 0.5) is 4.39 Å². The maximum absolute atomic E-state index is 14.0. The predicted molar refractivity (Wildman–Crippen MR) is 129 cm³/mol. The van der Waals surface area contributed by atoms with Gasteiger partial charge in [-0.3, -0.25) is 4.90 Å². The molecule has 0 spiro atoms. The summed E-state index contributed by atoms with van der Waals surface area (Å²) in [4.78, 5) is 2.41. The van der Waals surface area contributed by atoms with Crippen LogP contribution >= 0.6 is 0 Å². The van der Waals surface area contributed by atoms with Crippen LogP contribution in [0.3, 0.4) is 0 Å². The standard InChI is InChI=1S/C26H33FN4O4/c1-32-24-9-8-21(16-25(24)34-15-14-31-19-28-29-20-31)17-30-12-5-10-26(33-2,11-13-30)18-35-23-7-4-3-6-22(23)27/h3-4,6-9,16,19-20H,5,10-15,17-18H2,1-2H3/t26-/m0/s1. The highest BCUT2D eigenvalue weighted by Gasteiger charge is 2.34. The third-order valence-corrected chi connectivity index (χ3v) is 6.46. The van der Waals surface area contributed by atoms with Crippen molar-refractivity contribution >= 4 is 0 Å². The Hall–Kier alpha value is -3.17. The average molecular weight is 485 g/mol. The number of hydrogen-bond acceptors (Lipinski definition) is 7. The first kappa shape index (κ1) is 24.9. The van der Waals surface area contributed by atoms with E-state index in [2.05, 4.69) is 21.2 Å². The second-order valence-electron chi connectivity index (χ2n) is 8.77. The van der Waals surface area contributed by atoms with Crippen LogP contribution in [0.1, 0.15) is 24.8 Å². The van der Waals surface area contributed by atoms with E-state index in [0.717, 1.165) is 50.2 Å². The largest absolute Gasteiger partial charge is 0.493 e. The number of ether oxygens (including phenoxy) is 4. The van der Waals surface area contributed by atoms with Crippen LogP contribution in [0.2, 0.25) is 0 Å². The monoisotopic (exact) mass is 484 g/mol. The molecule has 4 rings (SSSR count). The van der Waals surface area contributed by atoms with Gasteiger partial charge in [-0.05, 0) is 55.6 Å². The molecule has 0 N–H and O–H groups in total. The van der Waals surface area contributed by atoms with E-state index in [1.54, 1.807) is 45.1 Å². The average Bonchev–Trinajstić information content (AvgIpc) is 3.31. The third-order valence-electron chi connectivity index (χ3n) is 6.46. The first-order valence-electron chi connectivity index (χ1n) is 11.9. The Morgan fingerprint density at radius 3 is 2.54 bits per heavy atom. The summed E-state index contributed by atoms with van der Waals surface area (Å²) in [5, 5.41) is 7.62. The fourth-order valence-electron chi connectivity index (χ4n) is 4.35. The maximum atomic E-state index is 14.0. The van der Waals surface area contributed by atoms with Crippen molar-refractivity contribution in [1.29, 1.82) is 0 Å². The summed E-state index contributed by atoms with van der Waals surface area (Å²) in [5.74, 6) is 1.34. The van der Waals surface area contributed by atoms with E-state index in [1.165, 1.54) is 6.07 Å². The zero-order chi connectivity index (χ0) is 24.5. The normalized spacial score (nSPS) is 18.7. The molecule has 3 aromatic rings. The van der Waals surface area contributed by atoms with Gasteiger partial charge in [-0.15, -0.1) is 10.2 Å². The Kier molecular flexibility index (Phi) is 8.54. The van der Waals surface area contributed by atoms with Crippen LogP contribution in [0.15, 0.2) is 55.1 Å². The van der Waals surface area contributed by atoms with Gasteiger partial charge in [0.1, 0.15) is 31.5 Å². The topological polar surface area (TPSA) is 70.9 Å². The van der Waals surface area contributed by atoms with Gasteiger partial charge >= 0.3 is 0 Å². The van der Waals surface area contributed by atoms with Crippen molar-refractivity contribution in [2.45, 2.75) is 38.0 Å². The lowest BCUT2D eigenvalue weighted by Gasteiger charge is -2.31. The molecule has 9 heteroatoms. The maximum Gasteiger partial charge on any atom is 0.165 e. The minimum absolute atomic E-state index is 0.264. The molecule has 0 amide bonds. The SMILES string of the molecule is COc1ccc(CN2CCC[C@](COc3ccccc3F)(OC)CC2)cc1OCCn1cnnc1. The number of aromatic nitrogens is 3. The molecule has 0 bridgehead atoms. The first-order valence-corrected chi connectivity index (χ1v) is 11.9. The molecule has 0 aliphatic carbocycles. The molecule has 1 aromatic heterocycles. The summed E-state index contributed by atoms with van der Waals surface area (Å²) in [6, 6.07) is 12.5. The Morgan fingerprint density at radius 2 is 1.77 bits per heavy atom. The van der Waals surface area contributed by atoms with E-state index >= 15 is 0 Å². The summed E-state index contributed by atoms with van der Waals surface area (Å²) in [6.45, 7) is 4.05. The van der Waals surface area contributed by atoms with Gasteiger partial charge in [-0.25, -0.2) is 4.39 Å². The molecule has 2 heterocycles. The third kappa shape index (κ3) is 6.70. The van der Waals surface area contributed by atoms with Crippen LogP contribution in [0.5, 0.6) is 17.2 Å². The minimum atomic E-state index is -0.437. The molecule has 1 aliphatic rings. The molecule has 2 aromatic carbocycles. The van der Waals surface area contributed by atoms with Crippen LogP contribution < -0.4 is 14.2 Å². The predicted octanol–water partition coefficient (Wildman–Crippen LogP) is 3.95. The fourth-order valence-corrected chi connectivity index (χ4v) is 4.35. The molecule has 1 saturated heterocycles. The van der Waals surface area contributed by atoms with Crippen LogP contribution in [0.25, 0.3) is 0 Å². The Bertz CT molecular complexity index is 1070. The smallest absolute Gasteiger partial charge is 0.165 e. The fraction of sp³-hybridized carbons (Fsp3) is 0.462. The molecular weight excluding hydrogens is 451 g/mol. The lowest BCUT2D eigenvalue weighted by Crippen LogP contribution is -2.39. The highest BCUT2D eigenvalue weighted by Crippen LogP contribution is 2.31. The van der Waals surface area contributed by atoms with Crippen LogP contribution in [-0.2, 0) is 17.8 Å². The summed E-state index contributed by atoms with van der Waals surface area (Å²) in [5.41, 5.74) is 0.713. The minimum Gasteiger partial charge on any atom is -0.493 e. The molecular formula is C26H33FN4O4.